The van der Waals surface area contributed by atoms with E-state index in [0.717, 1.165) is 46.5 Å². The number of ether oxygens (including phenoxy) is 4. The molecule has 1 aliphatic heterocycles. The fraction of sp³-hybridized carbons (Fsp3) is 0.450. The van der Waals surface area contributed by atoms with Gasteiger partial charge in [0.05, 0.1) is 50.1 Å². The van der Waals surface area contributed by atoms with Gasteiger partial charge in [0.2, 0.25) is 11.8 Å². The van der Waals surface area contributed by atoms with Crippen LogP contribution in [0, 0.1) is 5.92 Å². The number of aromatic amines is 2. The Morgan fingerprint density at radius 2 is 1.25 bits per heavy atom. The molecular formula is C40H52N8O8. The van der Waals surface area contributed by atoms with Gasteiger partial charge in [-0.05, 0) is 41.0 Å². The first-order valence-electron chi connectivity index (χ1n) is 18.7. The first-order valence-corrected chi connectivity index (χ1v) is 18.7. The summed E-state index contributed by atoms with van der Waals surface area (Å²) in [5, 5.41) is 8.24. The van der Waals surface area contributed by atoms with Crippen molar-refractivity contribution in [2.45, 2.75) is 63.7 Å². The second kappa shape index (κ2) is 19.7. The lowest BCUT2D eigenvalue weighted by Crippen LogP contribution is -2.49. The number of benzene rings is 2. The van der Waals surface area contributed by atoms with Gasteiger partial charge in [-0.15, -0.1) is 0 Å². The van der Waals surface area contributed by atoms with Crippen molar-refractivity contribution in [3.05, 3.63) is 72.6 Å². The highest BCUT2D eigenvalue weighted by Crippen LogP contribution is 2.33. The summed E-state index contributed by atoms with van der Waals surface area (Å²) in [6, 6.07) is 14.0. The van der Waals surface area contributed by atoms with Crippen LogP contribution in [0.3, 0.4) is 0 Å². The van der Waals surface area contributed by atoms with Gasteiger partial charge >= 0.3 is 12.2 Å². The molecule has 0 saturated carbocycles. The van der Waals surface area contributed by atoms with E-state index in [1.54, 1.807) is 24.4 Å². The minimum absolute atomic E-state index is 0.000273. The number of methoxy groups -OCH3 is 4. The Kier molecular flexibility index (Phi) is 14.6. The molecule has 1 saturated heterocycles. The van der Waals surface area contributed by atoms with Crippen LogP contribution in [0.5, 0.6) is 0 Å². The molecule has 16 nitrogen and oxygen atoms in total. The van der Waals surface area contributed by atoms with E-state index in [-0.39, 0.29) is 36.8 Å². The van der Waals surface area contributed by atoms with E-state index in [4.69, 9.17) is 18.9 Å². The molecule has 5 rings (SSSR count). The van der Waals surface area contributed by atoms with Crippen molar-refractivity contribution in [1.29, 1.82) is 0 Å². The molecule has 2 aromatic carbocycles. The molecule has 2 aromatic heterocycles. The zero-order valence-corrected chi connectivity index (χ0v) is 32.7. The number of aromatic nitrogens is 4. The molecule has 3 heterocycles. The van der Waals surface area contributed by atoms with Gasteiger partial charge in [0, 0.05) is 46.8 Å². The SMILES string of the molecule is COCC[C@H](NC(=O)OC)C(=O)N[C@H](c1ncc(-c2ccc(-c3ccc(-c4cnc([C@@H]5CCCN5C(=O)[C@H](CCOC)NC(=O)OC)[nH]4)cc3)cc2)[nH]1)C(C)C. The van der Waals surface area contributed by atoms with Crippen molar-refractivity contribution in [3.8, 4) is 33.6 Å². The number of hydrogen-bond acceptors (Lipinski definition) is 10. The molecule has 1 aliphatic rings. The number of H-pyrrole nitrogens is 2. The summed E-state index contributed by atoms with van der Waals surface area (Å²) in [4.78, 5) is 68.3. The molecule has 0 aliphatic carbocycles. The van der Waals surface area contributed by atoms with Crippen molar-refractivity contribution in [1.82, 2.24) is 40.8 Å². The molecule has 16 heteroatoms. The molecule has 0 unspecified atom stereocenters. The summed E-state index contributed by atoms with van der Waals surface area (Å²) in [6.07, 6.45) is 4.34. The molecule has 56 heavy (non-hydrogen) atoms. The van der Waals surface area contributed by atoms with E-state index in [2.05, 4.69) is 35.9 Å². The molecule has 5 N–H and O–H groups in total. The quantitative estimate of drug-likeness (QED) is 0.0958. The first-order chi connectivity index (χ1) is 27.1. The highest BCUT2D eigenvalue weighted by atomic mass is 16.5. The molecule has 1 fully saturated rings. The van der Waals surface area contributed by atoms with Crippen LogP contribution in [0.1, 0.15) is 63.3 Å². The zero-order valence-electron chi connectivity index (χ0n) is 32.7. The van der Waals surface area contributed by atoms with Crippen molar-refractivity contribution >= 4 is 24.0 Å². The number of imidazole rings is 2. The van der Waals surface area contributed by atoms with E-state index < -0.39 is 30.3 Å². The number of carbonyl (C=O) groups excluding carboxylic acids is 4. The molecule has 0 radical (unpaired) electrons. The van der Waals surface area contributed by atoms with Crippen LogP contribution in [0.15, 0.2) is 60.9 Å². The molecule has 4 atom stereocenters. The summed E-state index contributed by atoms with van der Waals surface area (Å²) in [5.41, 5.74) is 5.58. The van der Waals surface area contributed by atoms with Gasteiger partial charge in [-0.1, -0.05) is 62.4 Å². The minimum Gasteiger partial charge on any atom is -0.453 e. The van der Waals surface area contributed by atoms with E-state index in [9.17, 15) is 19.2 Å². The van der Waals surface area contributed by atoms with Gasteiger partial charge < -0.3 is 49.8 Å². The van der Waals surface area contributed by atoms with E-state index in [1.807, 2.05) is 62.4 Å². The smallest absolute Gasteiger partial charge is 0.407 e. The Morgan fingerprint density at radius 3 is 1.80 bits per heavy atom. The van der Waals surface area contributed by atoms with Crippen LogP contribution in [0.25, 0.3) is 33.6 Å². The fourth-order valence-electron chi connectivity index (χ4n) is 6.70. The number of nitrogens with zero attached hydrogens (tertiary/aromatic N) is 3. The topological polar surface area (TPSA) is 202 Å². The van der Waals surface area contributed by atoms with Crippen molar-refractivity contribution in [2.24, 2.45) is 5.92 Å². The Bertz CT molecular complexity index is 1830. The van der Waals surface area contributed by atoms with Crippen LogP contribution in [-0.4, -0.2) is 109 Å². The Labute approximate surface area is 326 Å². The predicted octanol–water partition coefficient (Wildman–Crippen LogP) is 5.13. The maximum absolute atomic E-state index is 13.5. The minimum atomic E-state index is -0.833. The standard InChI is InChI=1S/C40H52N8O8/c1-24(2)34(47-37(49)29(17-20-53-3)45-39(51)55-5)36-42-23-32(44-36)28-15-11-26(12-16-28)25-9-13-27(14-10-25)31-22-41-35(43-31)33-8-7-19-48(33)38(50)30(18-21-54-4)46-40(52)56-6/h9-16,22-24,29-30,33-34H,7-8,17-21H2,1-6H3,(H,41,43)(H,42,44)(H,45,51)(H,46,52)(H,47,49)/t29-,30-,33-,34-/m0/s1. The Morgan fingerprint density at radius 1 is 0.732 bits per heavy atom. The summed E-state index contributed by atoms with van der Waals surface area (Å²) < 4.78 is 19.7. The summed E-state index contributed by atoms with van der Waals surface area (Å²) in [5.74, 6) is 0.736. The molecular weight excluding hydrogens is 720 g/mol. The number of rotatable bonds is 17. The van der Waals surface area contributed by atoms with Crippen LogP contribution in [-0.2, 0) is 28.5 Å². The summed E-state index contributed by atoms with van der Waals surface area (Å²) in [6.45, 7) is 5.12. The maximum Gasteiger partial charge on any atom is 0.407 e. The second-order valence-electron chi connectivity index (χ2n) is 13.9. The van der Waals surface area contributed by atoms with Gasteiger partial charge in [-0.25, -0.2) is 19.6 Å². The van der Waals surface area contributed by atoms with Crippen molar-refractivity contribution < 1.29 is 38.1 Å². The molecule has 300 valence electrons. The van der Waals surface area contributed by atoms with Gasteiger partial charge in [0.1, 0.15) is 23.7 Å². The second-order valence-corrected chi connectivity index (χ2v) is 13.9. The van der Waals surface area contributed by atoms with Crippen LogP contribution in [0.4, 0.5) is 9.59 Å². The van der Waals surface area contributed by atoms with Gasteiger partial charge in [0.25, 0.3) is 0 Å². The first kappa shape index (κ1) is 41.4. The maximum atomic E-state index is 13.5. The number of nitrogens with one attached hydrogen (secondary N) is 5. The lowest BCUT2D eigenvalue weighted by molar-refractivity contribution is -0.135. The van der Waals surface area contributed by atoms with E-state index in [0.29, 0.717) is 31.2 Å². The number of carbonyl (C=O) groups is 4. The molecule has 0 spiro atoms. The third-order valence-corrected chi connectivity index (χ3v) is 9.82. The van der Waals surface area contributed by atoms with Gasteiger partial charge in [0.15, 0.2) is 0 Å². The normalized spacial score (nSPS) is 15.6. The van der Waals surface area contributed by atoms with Gasteiger partial charge in [-0.3, -0.25) is 9.59 Å². The largest absolute Gasteiger partial charge is 0.453 e. The zero-order chi connectivity index (χ0) is 40.2. The Balaban J connectivity index is 1.24. The highest BCUT2D eigenvalue weighted by Gasteiger charge is 2.36. The lowest BCUT2D eigenvalue weighted by atomic mass is 10.0. The third kappa shape index (κ3) is 10.3. The van der Waals surface area contributed by atoms with Crippen molar-refractivity contribution in [3.63, 3.8) is 0 Å². The van der Waals surface area contributed by atoms with E-state index >= 15 is 0 Å². The molecule has 4 aromatic rings. The van der Waals surface area contributed by atoms with Crippen LogP contribution < -0.4 is 16.0 Å². The molecule has 0 bridgehead atoms. The predicted molar refractivity (Wildman–Crippen MR) is 208 cm³/mol. The number of alkyl carbamates (subject to hydrolysis) is 2. The monoisotopic (exact) mass is 772 g/mol. The lowest BCUT2D eigenvalue weighted by Gasteiger charge is -2.28. The third-order valence-electron chi connectivity index (χ3n) is 9.82. The van der Waals surface area contributed by atoms with E-state index in [1.165, 1.54) is 21.3 Å². The van der Waals surface area contributed by atoms with Crippen molar-refractivity contribution in [2.75, 3.05) is 48.2 Å². The highest BCUT2D eigenvalue weighted by molar-refractivity contribution is 5.87. The number of amides is 4. The number of likely N-dealkylation sites (tertiary alicyclic amines) is 1. The molecule has 4 amide bonds. The average molecular weight is 773 g/mol. The number of hydrogen-bond donors (Lipinski definition) is 5. The average Bonchev–Trinajstić information content (AvgIpc) is 4.01. The fourth-order valence-corrected chi connectivity index (χ4v) is 6.70. The summed E-state index contributed by atoms with van der Waals surface area (Å²) in [7, 11) is 5.60. The Hall–Kier alpha value is -5.74. The summed E-state index contributed by atoms with van der Waals surface area (Å²) >= 11 is 0. The van der Waals surface area contributed by atoms with Crippen LogP contribution >= 0.6 is 0 Å². The van der Waals surface area contributed by atoms with Crippen LogP contribution in [0.2, 0.25) is 0 Å². The van der Waals surface area contributed by atoms with Gasteiger partial charge in [-0.2, -0.15) is 0 Å².